The summed E-state index contributed by atoms with van der Waals surface area (Å²) in [4.78, 5) is 41.4. The van der Waals surface area contributed by atoms with Crippen LogP contribution in [0.5, 0.6) is 0 Å². The first kappa shape index (κ1) is 19.4. The van der Waals surface area contributed by atoms with Crippen molar-refractivity contribution in [2.75, 3.05) is 13.6 Å². The fourth-order valence-electron chi connectivity index (χ4n) is 4.39. The van der Waals surface area contributed by atoms with Crippen LogP contribution in [0.3, 0.4) is 0 Å². The molecular formula is C24H26N2O3. The van der Waals surface area contributed by atoms with Gasteiger partial charge in [0.25, 0.3) is 17.7 Å². The Morgan fingerprint density at radius 3 is 2.38 bits per heavy atom. The monoisotopic (exact) mass is 390 g/mol. The quantitative estimate of drug-likeness (QED) is 0.721. The van der Waals surface area contributed by atoms with E-state index in [4.69, 9.17) is 0 Å². The average molecular weight is 390 g/mol. The van der Waals surface area contributed by atoms with Crippen LogP contribution in [0.2, 0.25) is 0 Å². The lowest BCUT2D eigenvalue weighted by Crippen LogP contribution is -2.32. The third-order valence-corrected chi connectivity index (χ3v) is 6.00. The Morgan fingerprint density at radius 1 is 0.966 bits per heavy atom. The molecule has 29 heavy (non-hydrogen) atoms. The van der Waals surface area contributed by atoms with E-state index in [9.17, 15) is 14.4 Å². The summed E-state index contributed by atoms with van der Waals surface area (Å²) in [6.07, 6.45) is 6.10. The molecule has 2 aliphatic rings. The number of fused-ring (bicyclic) bond motifs is 1. The number of carbonyl (C=O) groups is 3. The molecule has 2 aromatic rings. The second-order valence-electron chi connectivity index (χ2n) is 8.13. The third kappa shape index (κ3) is 3.95. The van der Waals surface area contributed by atoms with Gasteiger partial charge in [-0.2, -0.15) is 0 Å². The van der Waals surface area contributed by atoms with Crippen LogP contribution in [0.4, 0.5) is 0 Å². The minimum Gasteiger partial charge on any atom is -0.341 e. The number of carbonyl (C=O) groups excluding carboxylic acids is 3. The number of nitrogens with zero attached hydrogens (tertiary/aromatic N) is 2. The number of imide groups is 1. The number of amides is 3. The molecule has 1 saturated carbocycles. The number of rotatable bonds is 5. The van der Waals surface area contributed by atoms with Gasteiger partial charge in [0, 0.05) is 19.2 Å². The molecule has 2 aromatic carbocycles. The maximum Gasteiger partial charge on any atom is 0.261 e. The Morgan fingerprint density at radius 2 is 1.66 bits per heavy atom. The Bertz CT molecular complexity index is 932. The first-order chi connectivity index (χ1) is 14.0. The molecule has 0 bridgehead atoms. The Kier molecular flexibility index (Phi) is 5.47. The molecule has 0 atom stereocenters. The molecule has 1 aliphatic heterocycles. The maximum absolute atomic E-state index is 12.9. The van der Waals surface area contributed by atoms with E-state index in [1.807, 2.05) is 37.4 Å². The number of benzene rings is 2. The fraction of sp³-hybridized carbons (Fsp3) is 0.375. The SMILES string of the molecule is CN(CC1CCCCC1)C(=O)c1ccc2c(c1)C(=O)N(Cc1ccccc1)C2=O. The van der Waals surface area contributed by atoms with Gasteiger partial charge in [-0.1, -0.05) is 49.6 Å². The van der Waals surface area contributed by atoms with E-state index in [0.717, 1.165) is 12.1 Å². The van der Waals surface area contributed by atoms with Gasteiger partial charge >= 0.3 is 0 Å². The molecule has 0 spiro atoms. The molecule has 0 unspecified atom stereocenters. The Hall–Kier alpha value is -2.95. The number of hydrogen-bond acceptors (Lipinski definition) is 3. The lowest BCUT2D eigenvalue weighted by atomic mass is 9.89. The molecule has 0 radical (unpaired) electrons. The molecule has 0 saturated heterocycles. The van der Waals surface area contributed by atoms with Crippen LogP contribution in [0.15, 0.2) is 48.5 Å². The van der Waals surface area contributed by atoms with Gasteiger partial charge in [0.2, 0.25) is 0 Å². The van der Waals surface area contributed by atoms with Crippen LogP contribution in [0, 0.1) is 5.92 Å². The normalized spacial score (nSPS) is 16.8. The highest BCUT2D eigenvalue weighted by Crippen LogP contribution is 2.27. The second kappa shape index (κ2) is 8.19. The van der Waals surface area contributed by atoms with Crippen LogP contribution in [0.1, 0.15) is 68.7 Å². The average Bonchev–Trinajstić information content (AvgIpc) is 2.99. The minimum absolute atomic E-state index is 0.0971. The summed E-state index contributed by atoms with van der Waals surface area (Å²) >= 11 is 0. The van der Waals surface area contributed by atoms with Gasteiger partial charge < -0.3 is 4.90 Å². The second-order valence-corrected chi connectivity index (χ2v) is 8.13. The molecule has 3 amide bonds. The van der Waals surface area contributed by atoms with Crippen LogP contribution in [-0.2, 0) is 6.54 Å². The maximum atomic E-state index is 12.9. The van der Waals surface area contributed by atoms with Crippen LogP contribution < -0.4 is 0 Å². The lowest BCUT2D eigenvalue weighted by molar-refractivity contribution is 0.0642. The van der Waals surface area contributed by atoms with Gasteiger partial charge in [0.1, 0.15) is 0 Å². The van der Waals surface area contributed by atoms with Gasteiger partial charge in [0.05, 0.1) is 17.7 Å². The van der Waals surface area contributed by atoms with Crippen molar-refractivity contribution in [3.63, 3.8) is 0 Å². The van der Waals surface area contributed by atoms with Crippen molar-refractivity contribution >= 4 is 17.7 Å². The van der Waals surface area contributed by atoms with E-state index in [-0.39, 0.29) is 24.3 Å². The summed E-state index contributed by atoms with van der Waals surface area (Å²) in [6.45, 7) is 0.973. The summed E-state index contributed by atoms with van der Waals surface area (Å²) in [5, 5.41) is 0. The topological polar surface area (TPSA) is 57.7 Å². The molecule has 1 heterocycles. The van der Waals surface area contributed by atoms with Crippen molar-refractivity contribution in [2.45, 2.75) is 38.6 Å². The highest BCUT2D eigenvalue weighted by atomic mass is 16.2. The van der Waals surface area contributed by atoms with Crippen LogP contribution in [-0.4, -0.2) is 41.1 Å². The number of hydrogen-bond donors (Lipinski definition) is 0. The molecule has 5 heteroatoms. The summed E-state index contributed by atoms with van der Waals surface area (Å²) in [7, 11) is 1.82. The van der Waals surface area contributed by atoms with Crippen LogP contribution >= 0.6 is 0 Å². The highest BCUT2D eigenvalue weighted by Gasteiger charge is 2.36. The largest absolute Gasteiger partial charge is 0.341 e. The Labute approximate surface area is 171 Å². The zero-order valence-corrected chi connectivity index (χ0v) is 16.8. The smallest absolute Gasteiger partial charge is 0.261 e. The van der Waals surface area contributed by atoms with E-state index in [2.05, 4.69) is 0 Å². The van der Waals surface area contributed by atoms with Crippen molar-refractivity contribution in [2.24, 2.45) is 5.92 Å². The van der Waals surface area contributed by atoms with Crippen LogP contribution in [0.25, 0.3) is 0 Å². The van der Waals surface area contributed by atoms with E-state index in [1.165, 1.54) is 37.0 Å². The zero-order valence-electron chi connectivity index (χ0n) is 16.8. The molecule has 0 aromatic heterocycles. The van der Waals surface area contributed by atoms with Gasteiger partial charge in [-0.05, 0) is 42.5 Å². The fourth-order valence-corrected chi connectivity index (χ4v) is 4.39. The summed E-state index contributed by atoms with van der Waals surface area (Å²) in [6, 6.07) is 14.3. The van der Waals surface area contributed by atoms with Crippen molar-refractivity contribution in [1.82, 2.24) is 9.80 Å². The molecule has 5 nitrogen and oxygen atoms in total. The predicted molar refractivity (Wildman–Crippen MR) is 111 cm³/mol. The molecule has 150 valence electrons. The first-order valence-electron chi connectivity index (χ1n) is 10.3. The zero-order chi connectivity index (χ0) is 20.4. The predicted octanol–water partition coefficient (Wildman–Crippen LogP) is 4.14. The highest BCUT2D eigenvalue weighted by molar-refractivity contribution is 6.22. The van der Waals surface area contributed by atoms with Gasteiger partial charge in [0.15, 0.2) is 0 Å². The van der Waals surface area contributed by atoms with E-state index >= 15 is 0 Å². The van der Waals surface area contributed by atoms with E-state index < -0.39 is 0 Å². The first-order valence-corrected chi connectivity index (χ1v) is 10.3. The molecule has 0 N–H and O–H groups in total. The van der Waals surface area contributed by atoms with Gasteiger partial charge in [-0.25, -0.2) is 0 Å². The van der Waals surface area contributed by atoms with E-state index in [0.29, 0.717) is 22.6 Å². The van der Waals surface area contributed by atoms with Crippen molar-refractivity contribution in [3.05, 3.63) is 70.8 Å². The molecule has 4 rings (SSSR count). The van der Waals surface area contributed by atoms with E-state index in [1.54, 1.807) is 23.1 Å². The molecule has 1 fully saturated rings. The van der Waals surface area contributed by atoms with Crippen molar-refractivity contribution in [3.8, 4) is 0 Å². The Balaban J connectivity index is 1.50. The standard InChI is InChI=1S/C24H26N2O3/c1-25(15-17-8-4-2-5-9-17)22(27)19-12-13-20-21(14-19)24(29)26(23(20)28)16-18-10-6-3-7-11-18/h3,6-7,10-14,17H,2,4-5,8-9,15-16H2,1H3. The molecular weight excluding hydrogens is 364 g/mol. The third-order valence-electron chi connectivity index (χ3n) is 6.00. The lowest BCUT2D eigenvalue weighted by Gasteiger charge is -2.27. The van der Waals surface area contributed by atoms with Crippen molar-refractivity contribution < 1.29 is 14.4 Å². The van der Waals surface area contributed by atoms with Gasteiger partial charge in [-0.3, -0.25) is 19.3 Å². The summed E-state index contributed by atoms with van der Waals surface area (Å²) in [5.74, 6) is -0.182. The summed E-state index contributed by atoms with van der Waals surface area (Å²) < 4.78 is 0. The van der Waals surface area contributed by atoms with Crippen molar-refractivity contribution in [1.29, 1.82) is 0 Å². The molecule has 1 aliphatic carbocycles. The van der Waals surface area contributed by atoms with Gasteiger partial charge in [-0.15, -0.1) is 0 Å². The minimum atomic E-state index is -0.335. The summed E-state index contributed by atoms with van der Waals surface area (Å²) in [5.41, 5.74) is 2.05.